The Balaban J connectivity index is 1.86. The molecule has 3 N–H and O–H groups in total. The summed E-state index contributed by atoms with van der Waals surface area (Å²) in [6.07, 6.45) is 0.970. The Morgan fingerprint density at radius 1 is 1.25 bits per heavy atom. The smallest absolute Gasteiger partial charge is 0.138 e. The van der Waals surface area contributed by atoms with Gasteiger partial charge in [0.15, 0.2) is 0 Å². The van der Waals surface area contributed by atoms with Crippen molar-refractivity contribution in [2.45, 2.75) is 13.0 Å². The van der Waals surface area contributed by atoms with Gasteiger partial charge in [0.1, 0.15) is 11.6 Å². The fourth-order valence-electron chi connectivity index (χ4n) is 2.73. The quantitative estimate of drug-likeness (QED) is 0.748. The summed E-state index contributed by atoms with van der Waals surface area (Å²) in [7, 11) is 0. The van der Waals surface area contributed by atoms with Gasteiger partial charge in [0.2, 0.25) is 0 Å². The predicted octanol–water partition coefficient (Wildman–Crippen LogP) is 2.62. The van der Waals surface area contributed by atoms with Gasteiger partial charge in [-0.25, -0.2) is 4.98 Å². The number of H-pyrrole nitrogens is 1. The number of nitrogens with one attached hydrogen (secondary N) is 1. The first-order valence-electron chi connectivity index (χ1n) is 6.79. The summed E-state index contributed by atoms with van der Waals surface area (Å²) in [4.78, 5) is 8.07. The molecule has 0 amide bonds. The van der Waals surface area contributed by atoms with E-state index in [2.05, 4.69) is 11.1 Å². The van der Waals surface area contributed by atoms with E-state index in [1.165, 1.54) is 5.56 Å². The first-order chi connectivity index (χ1) is 9.85. The van der Waals surface area contributed by atoms with Crippen LogP contribution in [0.1, 0.15) is 11.1 Å². The molecule has 1 aliphatic heterocycles. The zero-order valence-electron chi connectivity index (χ0n) is 11.0. The first kappa shape index (κ1) is 11.5. The van der Waals surface area contributed by atoms with Gasteiger partial charge in [-0.15, -0.1) is 0 Å². The van der Waals surface area contributed by atoms with Crippen LogP contribution in [0.3, 0.4) is 0 Å². The number of rotatable bonds is 2. The maximum Gasteiger partial charge on any atom is 0.138 e. The molecule has 4 heteroatoms. The van der Waals surface area contributed by atoms with Crippen molar-refractivity contribution in [1.29, 1.82) is 0 Å². The topological polar surface area (TPSA) is 63.9 Å². The van der Waals surface area contributed by atoms with E-state index in [4.69, 9.17) is 15.5 Å². The Bertz CT molecular complexity index is 792. The molecule has 20 heavy (non-hydrogen) atoms. The zero-order valence-corrected chi connectivity index (χ0v) is 11.0. The minimum Gasteiger partial charge on any atom is -0.493 e. The summed E-state index contributed by atoms with van der Waals surface area (Å²) in [5, 5.41) is 0. The molecule has 100 valence electrons. The van der Waals surface area contributed by atoms with Crippen LogP contribution in [0, 0.1) is 0 Å². The molecule has 0 bridgehead atoms. The Morgan fingerprint density at radius 2 is 2.20 bits per heavy atom. The van der Waals surface area contributed by atoms with Gasteiger partial charge >= 0.3 is 0 Å². The van der Waals surface area contributed by atoms with Crippen LogP contribution < -0.4 is 10.5 Å². The highest BCUT2D eigenvalue weighted by molar-refractivity contribution is 5.82. The Labute approximate surface area is 116 Å². The van der Waals surface area contributed by atoms with Crippen molar-refractivity contribution in [3.63, 3.8) is 0 Å². The lowest BCUT2D eigenvalue weighted by atomic mass is 10.1. The fourth-order valence-corrected chi connectivity index (χ4v) is 2.73. The van der Waals surface area contributed by atoms with E-state index in [0.717, 1.165) is 46.8 Å². The fraction of sp³-hybridized carbons (Fsp3) is 0.188. The molecule has 0 aliphatic carbocycles. The maximum absolute atomic E-state index is 5.77. The third-order valence-electron chi connectivity index (χ3n) is 3.78. The van der Waals surface area contributed by atoms with Gasteiger partial charge in [0, 0.05) is 18.5 Å². The van der Waals surface area contributed by atoms with Crippen LogP contribution in [0.15, 0.2) is 36.4 Å². The number of hydrogen-bond acceptors (Lipinski definition) is 3. The standard InChI is InChI=1S/C16H15N3O/c17-9-12-2-1-3-13-15(12)19-16(18-13)11-4-5-14-10(8-11)6-7-20-14/h1-5,8H,6-7,9,17H2,(H,18,19). The molecule has 2 aromatic carbocycles. The van der Waals surface area contributed by atoms with E-state index < -0.39 is 0 Å². The molecular weight excluding hydrogens is 250 g/mol. The molecule has 0 saturated heterocycles. The van der Waals surface area contributed by atoms with Gasteiger partial charge in [0.25, 0.3) is 0 Å². The average Bonchev–Trinajstić information content (AvgIpc) is 3.11. The SMILES string of the molecule is NCc1cccc2[nH]c(-c3ccc4c(c3)CCO4)nc12. The Hall–Kier alpha value is -2.33. The van der Waals surface area contributed by atoms with E-state index in [-0.39, 0.29) is 0 Å². The predicted molar refractivity (Wildman–Crippen MR) is 78.6 cm³/mol. The van der Waals surface area contributed by atoms with Crippen LogP contribution in [-0.4, -0.2) is 16.6 Å². The van der Waals surface area contributed by atoms with Crippen LogP contribution in [0.4, 0.5) is 0 Å². The molecule has 1 aliphatic rings. The number of aromatic nitrogens is 2. The lowest BCUT2D eigenvalue weighted by Crippen LogP contribution is -1.96. The summed E-state index contributed by atoms with van der Waals surface area (Å²) in [5.74, 6) is 1.88. The molecule has 0 spiro atoms. The Morgan fingerprint density at radius 3 is 3.10 bits per heavy atom. The molecule has 0 saturated carbocycles. The summed E-state index contributed by atoms with van der Waals surface area (Å²) in [6, 6.07) is 12.3. The molecule has 1 aromatic heterocycles. The second kappa shape index (κ2) is 4.35. The summed E-state index contributed by atoms with van der Waals surface area (Å²) >= 11 is 0. The second-order valence-corrected chi connectivity index (χ2v) is 5.02. The molecule has 0 fully saturated rings. The lowest BCUT2D eigenvalue weighted by molar-refractivity contribution is 0.357. The van der Waals surface area contributed by atoms with Crippen LogP contribution in [0.25, 0.3) is 22.4 Å². The lowest BCUT2D eigenvalue weighted by Gasteiger charge is -2.01. The van der Waals surface area contributed by atoms with Gasteiger partial charge in [-0.05, 0) is 35.4 Å². The maximum atomic E-state index is 5.77. The number of nitrogens with two attached hydrogens (primary N) is 1. The number of nitrogens with zero attached hydrogens (tertiary/aromatic N) is 1. The number of fused-ring (bicyclic) bond motifs is 2. The molecule has 0 radical (unpaired) electrons. The summed E-state index contributed by atoms with van der Waals surface area (Å²) in [5.41, 5.74) is 11.2. The van der Waals surface area contributed by atoms with E-state index >= 15 is 0 Å². The van der Waals surface area contributed by atoms with Crippen molar-refractivity contribution in [1.82, 2.24) is 9.97 Å². The largest absolute Gasteiger partial charge is 0.493 e. The number of ether oxygens (including phenoxy) is 1. The third-order valence-corrected chi connectivity index (χ3v) is 3.78. The van der Waals surface area contributed by atoms with Gasteiger partial charge < -0.3 is 15.5 Å². The molecule has 0 atom stereocenters. The molecular formula is C16H15N3O. The number of para-hydroxylation sites is 1. The van der Waals surface area contributed by atoms with Gasteiger partial charge in [-0.1, -0.05) is 12.1 Å². The minimum atomic E-state index is 0.500. The van der Waals surface area contributed by atoms with Gasteiger partial charge in [-0.3, -0.25) is 0 Å². The van der Waals surface area contributed by atoms with Crippen LogP contribution >= 0.6 is 0 Å². The van der Waals surface area contributed by atoms with Gasteiger partial charge in [-0.2, -0.15) is 0 Å². The van der Waals surface area contributed by atoms with Crippen molar-refractivity contribution in [2.75, 3.05) is 6.61 Å². The number of aromatic amines is 1. The third kappa shape index (κ3) is 1.69. The molecule has 4 nitrogen and oxygen atoms in total. The monoisotopic (exact) mass is 265 g/mol. The summed E-state index contributed by atoms with van der Waals surface area (Å²) < 4.78 is 5.54. The van der Waals surface area contributed by atoms with Crippen molar-refractivity contribution in [3.05, 3.63) is 47.5 Å². The first-order valence-corrected chi connectivity index (χ1v) is 6.79. The number of hydrogen-bond donors (Lipinski definition) is 2. The van der Waals surface area contributed by atoms with Crippen molar-refractivity contribution in [3.8, 4) is 17.1 Å². The van der Waals surface area contributed by atoms with Crippen LogP contribution in [-0.2, 0) is 13.0 Å². The highest BCUT2D eigenvalue weighted by atomic mass is 16.5. The van der Waals surface area contributed by atoms with Gasteiger partial charge in [0.05, 0.1) is 17.6 Å². The van der Waals surface area contributed by atoms with Crippen LogP contribution in [0.2, 0.25) is 0 Å². The average molecular weight is 265 g/mol. The Kier molecular flexibility index (Phi) is 2.50. The number of imidazole rings is 1. The molecule has 0 unspecified atom stereocenters. The molecule has 3 aromatic rings. The van der Waals surface area contributed by atoms with E-state index in [0.29, 0.717) is 6.54 Å². The normalized spacial score (nSPS) is 13.4. The second-order valence-electron chi connectivity index (χ2n) is 5.02. The highest BCUT2D eigenvalue weighted by Gasteiger charge is 2.14. The van der Waals surface area contributed by atoms with Crippen molar-refractivity contribution in [2.24, 2.45) is 5.73 Å². The van der Waals surface area contributed by atoms with Crippen LogP contribution in [0.5, 0.6) is 5.75 Å². The zero-order chi connectivity index (χ0) is 13.5. The van der Waals surface area contributed by atoms with E-state index in [9.17, 15) is 0 Å². The van der Waals surface area contributed by atoms with Crippen molar-refractivity contribution >= 4 is 11.0 Å². The summed E-state index contributed by atoms with van der Waals surface area (Å²) in [6.45, 7) is 1.27. The number of benzene rings is 2. The van der Waals surface area contributed by atoms with E-state index in [1.807, 2.05) is 30.3 Å². The minimum absolute atomic E-state index is 0.500. The molecule has 2 heterocycles. The van der Waals surface area contributed by atoms with E-state index in [1.54, 1.807) is 0 Å². The highest BCUT2D eigenvalue weighted by Crippen LogP contribution is 2.30. The molecule has 4 rings (SSSR count). The van der Waals surface area contributed by atoms with Crippen molar-refractivity contribution < 1.29 is 4.74 Å².